The van der Waals surface area contributed by atoms with Crippen LogP contribution in [-0.2, 0) is 14.8 Å². The maximum absolute atomic E-state index is 12.1. The summed E-state index contributed by atoms with van der Waals surface area (Å²) < 4.78 is 35.5. The van der Waals surface area contributed by atoms with Crippen LogP contribution in [0.5, 0.6) is 11.5 Å². The molecule has 0 spiro atoms. The van der Waals surface area contributed by atoms with Crippen LogP contribution in [0.2, 0.25) is 0 Å². The Bertz CT molecular complexity index is 922. The van der Waals surface area contributed by atoms with E-state index in [1.54, 1.807) is 49.6 Å². The summed E-state index contributed by atoms with van der Waals surface area (Å²) in [6.45, 7) is 2.42. The van der Waals surface area contributed by atoms with Crippen LogP contribution in [0.1, 0.15) is 12.5 Å². The quantitative estimate of drug-likeness (QED) is 0.676. The van der Waals surface area contributed by atoms with Gasteiger partial charge in [0.25, 0.3) is 0 Å². The van der Waals surface area contributed by atoms with Crippen molar-refractivity contribution in [1.82, 2.24) is 0 Å². The van der Waals surface area contributed by atoms with Crippen molar-refractivity contribution in [3.63, 3.8) is 0 Å². The molecule has 0 radical (unpaired) electrons. The molecule has 0 aromatic heterocycles. The van der Waals surface area contributed by atoms with E-state index in [9.17, 15) is 13.2 Å². The first-order valence-corrected chi connectivity index (χ1v) is 10.1. The highest BCUT2D eigenvalue weighted by atomic mass is 32.2. The summed E-state index contributed by atoms with van der Waals surface area (Å²) in [5.41, 5.74) is 1.76. The number of methoxy groups -OCH3 is 1. The molecule has 0 atom stereocenters. The molecule has 0 bridgehead atoms. The largest absolute Gasteiger partial charge is 0.493 e. The molecule has 0 saturated heterocycles. The Balaban J connectivity index is 2.00. The normalized spacial score (nSPS) is 11.2. The van der Waals surface area contributed by atoms with Gasteiger partial charge in [0, 0.05) is 17.5 Å². The molecule has 0 fully saturated rings. The SMILES string of the molecule is CCOc1ccc(/C=C/C(=O)Nc2ccc(NS(C)(=O)=O)cc2)cc1OC. The average molecular weight is 390 g/mol. The molecule has 144 valence electrons. The number of carbonyl (C=O) groups is 1. The molecular weight excluding hydrogens is 368 g/mol. The second-order valence-electron chi connectivity index (χ2n) is 5.62. The zero-order valence-electron chi connectivity index (χ0n) is 15.4. The standard InChI is InChI=1S/C19H22N2O5S/c1-4-26-17-11-5-14(13-18(17)25-2)6-12-19(22)20-15-7-9-16(10-8-15)21-27(3,23)24/h5-13,21H,4H2,1-3H3,(H,20,22)/b12-6+. The van der Waals surface area contributed by atoms with Crippen molar-refractivity contribution in [3.8, 4) is 11.5 Å². The van der Waals surface area contributed by atoms with Gasteiger partial charge in [-0.05, 0) is 55.0 Å². The van der Waals surface area contributed by atoms with Gasteiger partial charge in [-0.3, -0.25) is 9.52 Å². The second-order valence-corrected chi connectivity index (χ2v) is 7.37. The predicted molar refractivity (Wildman–Crippen MR) is 107 cm³/mol. The van der Waals surface area contributed by atoms with Gasteiger partial charge in [-0.2, -0.15) is 0 Å². The highest BCUT2D eigenvalue weighted by Crippen LogP contribution is 2.28. The summed E-state index contributed by atoms with van der Waals surface area (Å²) in [6, 6.07) is 11.7. The van der Waals surface area contributed by atoms with E-state index in [-0.39, 0.29) is 5.91 Å². The van der Waals surface area contributed by atoms with Gasteiger partial charge >= 0.3 is 0 Å². The lowest BCUT2D eigenvalue weighted by molar-refractivity contribution is -0.111. The third-order valence-corrected chi connectivity index (χ3v) is 3.98. The van der Waals surface area contributed by atoms with Crippen molar-refractivity contribution in [2.45, 2.75) is 6.92 Å². The van der Waals surface area contributed by atoms with E-state index in [1.165, 1.54) is 6.08 Å². The molecule has 8 heteroatoms. The molecule has 1 amide bonds. The minimum absolute atomic E-state index is 0.313. The lowest BCUT2D eigenvalue weighted by Crippen LogP contribution is -2.10. The van der Waals surface area contributed by atoms with E-state index in [2.05, 4.69) is 10.0 Å². The van der Waals surface area contributed by atoms with Crippen LogP contribution in [0.4, 0.5) is 11.4 Å². The fraction of sp³-hybridized carbons (Fsp3) is 0.211. The van der Waals surface area contributed by atoms with E-state index in [1.807, 2.05) is 13.0 Å². The highest BCUT2D eigenvalue weighted by molar-refractivity contribution is 7.92. The Morgan fingerprint density at radius 2 is 1.74 bits per heavy atom. The summed E-state index contributed by atoms with van der Waals surface area (Å²) in [5.74, 6) is 0.921. The number of ether oxygens (including phenoxy) is 2. The fourth-order valence-corrected chi connectivity index (χ4v) is 2.82. The second kappa shape index (κ2) is 9.09. The molecule has 2 N–H and O–H groups in total. The number of rotatable bonds is 8. The molecule has 2 aromatic carbocycles. The molecule has 0 saturated carbocycles. The Kier molecular flexibility index (Phi) is 6.84. The van der Waals surface area contributed by atoms with Gasteiger partial charge < -0.3 is 14.8 Å². The maximum atomic E-state index is 12.1. The van der Waals surface area contributed by atoms with Crippen molar-refractivity contribution in [3.05, 3.63) is 54.1 Å². The molecule has 2 rings (SSSR count). The number of hydrogen-bond donors (Lipinski definition) is 2. The van der Waals surface area contributed by atoms with Crippen molar-refractivity contribution < 1.29 is 22.7 Å². The first-order chi connectivity index (χ1) is 12.8. The molecule has 0 heterocycles. The number of carbonyl (C=O) groups excluding carboxylic acids is 1. The monoisotopic (exact) mass is 390 g/mol. The van der Waals surface area contributed by atoms with E-state index in [0.717, 1.165) is 11.8 Å². The maximum Gasteiger partial charge on any atom is 0.248 e. The minimum Gasteiger partial charge on any atom is -0.493 e. The number of hydrogen-bond acceptors (Lipinski definition) is 5. The van der Waals surface area contributed by atoms with Gasteiger partial charge in [-0.15, -0.1) is 0 Å². The smallest absolute Gasteiger partial charge is 0.248 e. The minimum atomic E-state index is -3.33. The summed E-state index contributed by atoms with van der Waals surface area (Å²) in [5, 5.41) is 2.70. The number of anilines is 2. The zero-order chi connectivity index (χ0) is 19.9. The van der Waals surface area contributed by atoms with Crippen LogP contribution in [0.3, 0.4) is 0 Å². The van der Waals surface area contributed by atoms with Crippen LogP contribution in [0.15, 0.2) is 48.5 Å². The predicted octanol–water partition coefficient (Wildman–Crippen LogP) is 3.12. The van der Waals surface area contributed by atoms with Crippen molar-refractivity contribution >= 4 is 33.4 Å². The summed E-state index contributed by atoms with van der Waals surface area (Å²) in [4.78, 5) is 12.1. The fourth-order valence-electron chi connectivity index (χ4n) is 2.25. The Hall–Kier alpha value is -3.00. The zero-order valence-corrected chi connectivity index (χ0v) is 16.2. The van der Waals surface area contributed by atoms with Crippen LogP contribution in [0, 0.1) is 0 Å². The van der Waals surface area contributed by atoms with E-state index < -0.39 is 10.0 Å². The van der Waals surface area contributed by atoms with Gasteiger partial charge in [0.15, 0.2) is 11.5 Å². The number of benzene rings is 2. The molecule has 0 unspecified atom stereocenters. The van der Waals surface area contributed by atoms with Gasteiger partial charge in [0.05, 0.1) is 20.0 Å². The van der Waals surface area contributed by atoms with Crippen LogP contribution >= 0.6 is 0 Å². The summed E-state index contributed by atoms with van der Waals surface area (Å²) >= 11 is 0. The average Bonchev–Trinajstić information content (AvgIpc) is 2.61. The van der Waals surface area contributed by atoms with Gasteiger partial charge in [0.2, 0.25) is 15.9 Å². The molecule has 0 aliphatic rings. The topological polar surface area (TPSA) is 93.7 Å². The van der Waals surface area contributed by atoms with Gasteiger partial charge in [0.1, 0.15) is 0 Å². The van der Waals surface area contributed by atoms with Crippen molar-refractivity contribution in [2.75, 3.05) is 30.0 Å². The molecule has 0 aliphatic carbocycles. The van der Waals surface area contributed by atoms with Gasteiger partial charge in [-0.25, -0.2) is 8.42 Å². The number of nitrogens with one attached hydrogen (secondary N) is 2. The Morgan fingerprint density at radius 1 is 1.07 bits per heavy atom. The Labute approximate surface area is 159 Å². The number of sulfonamides is 1. The van der Waals surface area contributed by atoms with Crippen LogP contribution in [0.25, 0.3) is 6.08 Å². The van der Waals surface area contributed by atoms with Crippen LogP contribution < -0.4 is 19.5 Å². The van der Waals surface area contributed by atoms with Crippen molar-refractivity contribution in [2.24, 2.45) is 0 Å². The summed E-state index contributed by atoms with van der Waals surface area (Å²) in [7, 11) is -1.78. The van der Waals surface area contributed by atoms with Crippen molar-refractivity contribution in [1.29, 1.82) is 0 Å². The lowest BCUT2D eigenvalue weighted by Gasteiger charge is -2.09. The molecule has 27 heavy (non-hydrogen) atoms. The highest BCUT2D eigenvalue weighted by Gasteiger charge is 2.05. The third kappa shape index (κ3) is 6.67. The lowest BCUT2D eigenvalue weighted by atomic mass is 10.2. The summed E-state index contributed by atoms with van der Waals surface area (Å²) in [6.07, 6.45) is 4.13. The number of amides is 1. The first kappa shape index (κ1) is 20.3. The molecular formula is C19H22N2O5S. The third-order valence-electron chi connectivity index (χ3n) is 3.37. The van der Waals surface area contributed by atoms with Gasteiger partial charge in [-0.1, -0.05) is 6.07 Å². The van der Waals surface area contributed by atoms with E-state index >= 15 is 0 Å². The molecule has 0 aliphatic heterocycles. The Morgan fingerprint density at radius 3 is 2.33 bits per heavy atom. The molecule has 7 nitrogen and oxygen atoms in total. The molecule has 2 aromatic rings. The van der Waals surface area contributed by atoms with E-state index in [0.29, 0.717) is 29.5 Å². The van der Waals surface area contributed by atoms with Crippen LogP contribution in [-0.4, -0.2) is 34.3 Å². The van der Waals surface area contributed by atoms with E-state index in [4.69, 9.17) is 9.47 Å². The first-order valence-electron chi connectivity index (χ1n) is 8.18.